The summed E-state index contributed by atoms with van der Waals surface area (Å²) >= 11 is 0. The van der Waals surface area contributed by atoms with Gasteiger partial charge in [-0.05, 0) is 18.6 Å². The number of esters is 1. The number of ether oxygens (including phenoxy) is 1. The molecule has 0 aliphatic carbocycles. The third kappa shape index (κ3) is 3.27. The first kappa shape index (κ1) is 11.6. The number of carbonyl (C=O) groups excluding carboxylic acids is 2. The smallest absolute Gasteiger partial charge is 0.328 e. The van der Waals surface area contributed by atoms with E-state index < -0.39 is 6.04 Å². The van der Waals surface area contributed by atoms with Crippen LogP contribution in [0.1, 0.15) is 18.5 Å². The van der Waals surface area contributed by atoms with Gasteiger partial charge in [0.15, 0.2) is 0 Å². The minimum Gasteiger partial charge on any atom is -0.464 e. The fourth-order valence-electron chi connectivity index (χ4n) is 1.69. The zero-order valence-corrected chi connectivity index (χ0v) is 9.39. The molecule has 0 radical (unpaired) electrons. The van der Waals surface area contributed by atoms with Crippen LogP contribution in [0.2, 0.25) is 0 Å². The van der Waals surface area contributed by atoms with Gasteiger partial charge in [-0.1, -0.05) is 6.07 Å². The highest BCUT2D eigenvalue weighted by Gasteiger charge is 2.28. The second-order valence-corrected chi connectivity index (χ2v) is 3.90. The maximum atomic E-state index is 11.5. The molecule has 1 saturated heterocycles. The van der Waals surface area contributed by atoms with Crippen molar-refractivity contribution in [2.75, 3.05) is 6.61 Å². The van der Waals surface area contributed by atoms with Crippen molar-refractivity contribution in [1.29, 1.82) is 0 Å². The Morgan fingerprint density at radius 3 is 3.06 bits per heavy atom. The summed E-state index contributed by atoms with van der Waals surface area (Å²) in [5.41, 5.74) is 0.885. The first-order chi connectivity index (χ1) is 8.25. The Labute approximate surface area is 99.2 Å². The molecule has 1 aliphatic heterocycles. The highest BCUT2D eigenvalue weighted by Crippen LogP contribution is 2.08. The molecule has 0 bridgehead atoms. The van der Waals surface area contributed by atoms with Crippen molar-refractivity contribution in [1.82, 2.24) is 10.3 Å². The lowest BCUT2D eigenvalue weighted by atomic mass is 10.2. The van der Waals surface area contributed by atoms with Crippen LogP contribution in [0.15, 0.2) is 24.4 Å². The summed E-state index contributed by atoms with van der Waals surface area (Å²) in [6.45, 7) is 0.294. The predicted molar refractivity (Wildman–Crippen MR) is 60.1 cm³/mol. The SMILES string of the molecule is O=C1CCC(C(=O)OCCc2ccccn2)N1. The molecule has 1 aromatic rings. The minimum atomic E-state index is -0.466. The monoisotopic (exact) mass is 234 g/mol. The van der Waals surface area contributed by atoms with Crippen molar-refractivity contribution in [3.8, 4) is 0 Å². The van der Waals surface area contributed by atoms with E-state index in [1.807, 2.05) is 18.2 Å². The number of pyridine rings is 1. The number of hydrogen-bond acceptors (Lipinski definition) is 4. The Morgan fingerprint density at radius 2 is 2.41 bits per heavy atom. The van der Waals surface area contributed by atoms with E-state index in [4.69, 9.17) is 4.74 Å². The lowest BCUT2D eigenvalue weighted by molar-refractivity contribution is -0.146. The van der Waals surface area contributed by atoms with Crippen molar-refractivity contribution < 1.29 is 14.3 Å². The molecular formula is C12H14N2O3. The molecule has 1 fully saturated rings. The molecule has 5 nitrogen and oxygen atoms in total. The topological polar surface area (TPSA) is 68.3 Å². The van der Waals surface area contributed by atoms with Gasteiger partial charge in [0.25, 0.3) is 0 Å². The van der Waals surface area contributed by atoms with Crippen molar-refractivity contribution in [2.24, 2.45) is 0 Å². The Kier molecular flexibility index (Phi) is 3.69. The van der Waals surface area contributed by atoms with Gasteiger partial charge in [-0.25, -0.2) is 4.79 Å². The predicted octanol–water partition coefficient (Wildman–Crippen LogP) is 0.446. The molecule has 1 unspecified atom stereocenters. The first-order valence-electron chi connectivity index (χ1n) is 5.61. The summed E-state index contributed by atoms with van der Waals surface area (Å²) in [6.07, 6.45) is 3.23. The molecule has 17 heavy (non-hydrogen) atoms. The molecular weight excluding hydrogens is 220 g/mol. The van der Waals surface area contributed by atoms with E-state index in [1.54, 1.807) is 6.20 Å². The average Bonchev–Trinajstić information content (AvgIpc) is 2.77. The molecule has 0 aromatic carbocycles. The highest BCUT2D eigenvalue weighted by atomic mass is 16.5. The normalized spacial score (nSPS) is 18.8. The highest BCUT2D eigenvalue weighted by molar-refractivity contribution is 5.87. The van der Waals surface area contributed by atoms with Crippen LogP contribution in [0.4, 0.5) is 0 Å². The van der Waals surface area contributed by atoms with Gasteiger partial charge in [0.2, 0.25) is 5.91 Å². The molecule has 1 atom stereocenters. The minimum absolute atomic E-state index is 0.0864. The molecule has 0 spiro atoms. The van der Waals surface area contributed by atoms with E-state index in [-0.39, 0.29) is 11.9 Å². The lowest BCUT2D eigenvalue weighted by Crippen LogP contribution is -2.34. The largest absolute Gasteiger partial charge is 0.464 e. The van der Waals surface area contributed by atoms with Crippen LogP contribution < -0.4 is 5.32 Å². The van der Waals surface area contributed by atoms with Gasteiger partial charge in [-0.3, -0.25) is 9.78 Å². The number of hydrogen-bond donors (Lipinski definition) is 1. The molecule has 1 aliphatic rings. The van der Waals surface area contributed by atoms with Gasteiger partial charge < -0.3 is 10.1 Å². The van der Waals surface area contributed by atoms with Crippen LogP contribution in [0, 0.1) is 0 Å². The third-order valence-corrected chi connectivity index (χ3v) is 2.61. The fraction of sp³-hybridized carbons (Fsp3) is 0.417. The summed E-state index contributed by atoms with van der Waals surface area (Å²) in [6, 6.07) is 5.14. The zero-order chi connectivity index (χ0) is 12.1. The third-order valence-electron chi connectivity index (χ3n) is 2.61. The van der Waals surface area contributed by atoms with E-state index in [9.17, 15) is 9.59 Å². The van der Waals surface area contributed by atoms with Crippen LogP contribution in [0.5, 0.6) is 0 Å². The van der Waals surface area contributed by atoms with Crippen LogP contribution in [-0.2, 0) is 20.7 Å². The van der Waals surface area contributed by atoms with Gasteiger partial charge in [-0.2, -0.15) is 0 Å². The number of aromatic nitrogens is 1. The number of amides is 1. The second-order valence-electron chi connectivity index (χ2n) is 3.90. The molecule has 1 aromatic heterocycles. The fourth-order valence-corrected chi connectivity index (χ4v) is 1.69. The van der Waals surface area contributed by atoms with Gasteiger partial charge in [0.1, 0.15) is 6.04 Å². The maximum Gasteiger partial charge on any atom is 0.328 e. The molecule has 90 valence electrons. The van der Waals surface area contributed by atoms with E-state index >= 15 is 0 Å². The first-order valence-corrected chi connectivity index (χ1v) is 5.61. The van der Waals surface area contributed by atoms with E-state index in [2.05, 4.69) is 10.3 Å². The molecule has 2 heterocycles. The van der Waals surface area contributed by atoms with Gasteiger partial charge in [0.05, 0.1) is 6.61 Å². The summed E-state index contributed by atoms with van der Waals surface area (Å²) < 4.78 is 5.08. The second kappa shape index (κ2) is 5.43. The van der Waals surface area contributed by atoms with Gasteiger partial charge in [-0.15, -0.1) is 0 Å². The number of nitrogens with one attached hydrogen (secondary N) is 1. The Bertz CT molecular complexity index is 405. The number of rotatable bonds is 4. The summed E-state index contributed by atoms with van der Waals surface area (Å²) in [7, 11) is 0. The molecule has 1 amide bonds. The maximum absolute atomic E-state index is 11.5. The average molecular weight is 234 g/mol. The van der Waals surface area contributed by atoms with Crippen molar-refractivity contribution in [3.05, 3.63) is 30.1 Å². The Morgan fingerprint density at radius 1 is 1.53 bits per heavy atom. The Balaban J connectivity index is 1.72. The number of nitrogens with zero attached hydrogens (tertiary/aromatic N) is 1. The van der Waals surface area contributed by atoms with Crippen LogP contribution in [0.25, 0.3) is 0 Å². The number of carbonyl (C=O) groups is 2. The van der Waals surface area contributed by atoms with Crippen LogP contribution in [0.3, 0.4) is 0 Å². The lowest BCUT2D eigenvalue weighted by Gasteiger charge is -2.09. The van der Waals surface area contributed by atoms with Crippen molar-refractivity contribution in [2.45, 2.75) is 25.3 Å². The van der Waals surface area contributed by atoms with E-state index in [0.717, 1.165) is 5.69 Å². The van der Waals surface area contributed by atoms with E-state index in [1.165, 1.54) is 0 Å². The molecule has 2 rings (SSSR count). The van der Waals surface area contributed by atoms with Gasteiger partial charge in [0, 0.05) is 24.7 Å². The molecule has 1 N–H and O–H groups in total. The molecule has 5 heteroatoms. The Hall–Kier alpha value is -1.91. The quantitative estimate of drug-likeness (QED) is 0.768. The van der Waals surface area contributed by atoms with Crippen molar-refractivity contribution >= 4 is 11.9 Å². The standard InChI is InChI=1S/C12H14N2O3/c15-11-5-4-10(14-11)12(16)17-8-6-9-3-1-2-7-13-9/h1-3,7,10H,4-6,8H2,(H,14,15). The zero-order valence-electron chi connectivity index (χ0n) is 9.39. The van der Waals surface area contributed by atoms with Crippen LogP contribution in [-0.4, -0.2) is 29.5 Å². The summed E-state index contributed by atoms with van der Waals surface area (Å²) in [4.78, 5) is 26.6. The van der Waals surface area contributed by atoms with E-state index in [0.29, 0.717) is 25.9 Å². The molecule has 0 saturated carbocycles. The summed E-state index contributed by atoms with van der Waals surface area (Å²) in [5, 5.41) is 2.57. The van der Waals surface area contributed by atoms with Crippen molar-refractivity contribution in [3.63, 3.8) is 0 Å². The van der Waals surface area contributed by atoms with Gasteiger partial charge >= 0.3 is 5.97 Å². The summed E-state index contributed by atoms with van der Waals surface area (Å²) in [5.74, 6) is -0.441. The van der Waals surface area contributed by atoms with Crippen LogP contribution >= 0.6 is 0 Å².